The third-order valence-electron chi connectivity index (χ3n) is 3.47. The second-order valence-corrected chi connectivity index (χ2v) is 7.54. The van der Waals surface area contributed by atoms with Crippen molar-refractivity contribution in [2.45, 2.75) is 11.8 Å². The number of sulfonamides is 1. The SMILES string of the molecule is Cc1c(Cl)cccc1S(=O)(=O)NCC#Cc1ccccc1N(C)C. The Kier molecular flexibility index (Phi) is 5.89. The highest BCUT2D eigenvalue weighted by Crippen LogP contribution is 2.22. The van der Waals surface area contributed by atoms with Crippen LogP contribution in [0.15, 0.2) is 47.4 Å². The number of halogens is 1. The summed E-state index contributed by atoms with van der Waals surface area (Å²) in [5.41, 5.74) is 2.36. The Balaban J connectivity index is 2.14. The third-order valence-corrected chi connectivity index (χ3v) is 5.42. The molecule has 0 bridgehead atoms. The summed E-state index contributed by atoms with van der Waals surface area (Å²) in [7, 11) is 0.230. The molecule has 24 heavy (non-hydrogen) atoms. The van der Waals surface area contributed by atoms with E-state index in [1.165, 1.54) is 6.07 Å². The van der Waals surface area contributed by atoms with Gasteiger partial charge in [-0.2, -0.15) is 4.72 Å². The molecule has 2 aromatic rings. The van der Waals surface area contributed by atoms with Crippen molar-refractivity contribution >= 4 is 27.3 Å². The lowest BCUT2D eigenvalue weighted by atomic mass is 10.1. The van der Waals surface area contributed by atoms with Gasteiger partial charge in [0.25, 0.3) is 0 Å². The van der Waals surface area contributed by atoms with E-state index < -0.39 is 10.0 Å². The number of nitrogens with one attached hydrogen (secondary N) is 1. The van der Waals surface area contributed by atoms with Gasteiger partial charge in [-0.05, 0) is 36.8 Å². The zero-order valence-electron chi connectivity index (χ0n) is 13.8. The number of anilines is 1. The molecule has 0 heterocycles. The molecule has 4 nitrogen and oxygen atoms in total. The Morgan fingerprint density at radius 3 is 2.54 bits per heavy atom. The highest BCUT2D eigenvalue weighted by molar-refractivity contribution is 7.89. The van der Waals surface area contributed by atoms with Crippen LogP contribution in [0.5, 0.6) is 0 Å². The molecule has 0 saturated carbocycles. The van der Waals surface area contributed by atoms with Gasteiger partial charge in [0.15, 0.2) is 0 Å². The Bertz CT molecular complexity index is 897. The van der Waals surface area contributed by atoms with Crippen molar-refractivity contribution in [1.29, 1.82) is 0 Å². The minimum atomic E-state index is -3.64. The summed E-state index contributed by atoms with van der Waals surface area (Å²) in [4.78, 5) is 2.13. The van der Waals surface area contributed by atoms with Gasteiger partial charge >= 0.3 is 0 Å². The highest BCUT2D eigenvalue weighted by Gasteiger charge is 2.16. The lowest BCUT2D eigenvalue weighted by Crippen LogP contribution is -2.24. The van der Waals surface area contributed by atoms with Gasteiger partial charge in [0, 0.05) is 24.7 Å². The van der Waals surface area contributed by atoms with Crippen molar-refractivity contribution in [3.63, 3.8) is 0 Å². The number of rotatable bonds is 4. The van der Waals surface area contributed by atoms with Crippen LogP contribution in [0.4, 0.5) is 5.69 Å². The highest BCUT2D eigenvalue weighted by atomic mass is 35.5. The monoisotopic (exact) mass is 362 g/mol. The first kappa shape index (κ1) is 18.3. The molecule has 1 N–H and O–H groups in total. The van der Waals surface area contributed by atoms with Gasteiger partial charge in [-0.25, -0.2) is 8.42 Å². The predicted molar refractivity (Wildman–Crippen MR) is 99.0 cm³/mol. The minimum absolute atomic E-state index is 0.0239. The van der Waals surface area contributed by atoms with Gasteiger partial charge in [-0.15, -0.1) is 0 Å². The molecule has 0 aliphatic rings. The summed E-state index contributed by atoms with van der Waals surface area (Å²) < 4.78 is 27.2. The van der Waals surface area contributed by atoms with E-state index in [1.54, 1.807) is 19.1 Å². The molecule has 0 radical (unpaired) electrons. The Labute approximate surface area is 148 Å². The fourth-order valence-electron chi connectivity index (χ4n) is 2.20. The first-order valence-corrected chi connectivity index (χ1v) is 9.19. The number of nitrogens with zero attached hydrogens (tertiary/aromatic N) is 1. The molecule has 0 aliphatic heterocycles. The summed E-state index contributed by atoms with van der Waals surface area (Å²) in [6.07, 6.45) is 0. The maximum atomic E-state index is 12.3. The van der Waals surface area contributed by atoms with Gasteiger partial charge < -0.3 is 4.90 Å². The van der Waals surface area contributed by atoms with Crippen LogP contribution in [0.25, 0.3) is 0 Å². The molecule has 0 unspecified atom stereocenters. The molecule has 2 rings (SSSR count). The molecule has 0 aromatic heterocycles. The first-order valence-electron chi connectivity index (χ1n) is 7.33. The second kappa shape index (κ2) is 7.71. The lowest BCUT2D eigenvalue weighted by Gasteiger charge is -2.13. The predicted octanol–water partition coefficient (Wildman–Crippen LogP) is 3.04. The molecular weight excluding hydrogens is 344 g/mol. The third kappa shape index (κ3) is 4.30. The molecule has 0 amide bonds. The average Bonchev–Trinajstić information content (AvgIpc) is 2.54. The maximum Gasteiger partial charge on any atom is 0.241 e. The van der Waals surface area contributed by atoms with E-state index in [2.05, 4.69) is 16.6 Å². The minimum Gasteiger partial charge on any atom is -0.377 e. The van der Waals surface area contributed by atoms with Crippen LogP contribution in [0, 0.1) is 18.8 Å². The van der Waals surface area contributed by atoms with Gasteiger partial charge in [0.1, 0.15) is 0 Å². The molecule has 0 spiro atoms. The summed E-state index contributed by atoms with van der Waals surface area (Å²) in [5, 5.41) is 0.420. The van der Waals surface area contributed by atoms with Crippen molar-refractivity contribution in [1.82, 2.24) is 4.72 Å². The average molecular weight is 363 g/mol. The fourth-order valence-corrected chi connectivity index (χ4v) is 3.62. The van der Waals surface area contributed by atoms with Crippen molar-refractivity contribution in [3.8, 4) is 11.8 Å². The van der Waals surface area contributed by atoms with E-state index in [9.17, 15) is 8.42 Å². The fraction of sp³-hybridized carbons (Fsp3) is 0.222. The number of hydrogen-bond donors (Lipinski definition) is 1. The van der Waals surface area contributed by atoms with Crippen LogP contribution in [0.3, 0.4) is 0 Å². The van der Waals surface area contributed by atoms with Gasteiger partial charge in [0.05, 0.1) is 17.1 Å². The Morgan fingerprint density at radius 1 is 1.12 bits per heavy atom. The van der Waals surface area contributed by atoms with Crippen molar-refractivity contribution in [2.75, 3.05) is 25.5 Å². The van der Waals surface area contributed by atoms with Crippen molar-refractivity contribution in [3.05, 3.63) is 58.6 Å². The number of hydrogen-bond acceptors (Lipinski definition) is 3. The Hall–Kier alpha value is -2.00. The van der Waals surface area contributed by atoms with E-state index in [-0.39, 0.29) is 11.4 Å². The van der Waals surface area contributed by atoms with Crippen LogP contribution in [-0.2, 0) is 10.0 Å². The smallest absolute Gasteiger partial charge is 0.241 e. The quantitative estimate of drug-likeness (QED) is 0.850. The largest absolute Gasteiger partial charge is 0.377 e. The van der Waals surface area contributed by atoms with E-state index in [0.717, 1.165) is 11.3 Å². The van der Waals surface area contributed by atoms with Gasteiger partial charge in [-0.1, -0.05) is 41.6 Å². The van der Waals surface area contributed by atoms with E-state index >= 15 is 0 Å². The summed E-state index contributed by atoms with van der Waals surface area (Å²) in [5.74, 6) is 5.86. The molecule has 2 aromatic carbocycles. The molecule has 126 valence electrons. The van der Waals surface area contributed by atoms with Crippen molar-refractivity contribution in [2.24, 2.45) is 0 Å². The van der Waals surface area contributed by atoms with E-state index in [4.69, 9.17) is 11.6 Å². The van der Waals surface area contributed by atoms with Crippen LogP contribution in [0.2, 0.25) is 5.02 Å². The van der Waals surface area contributed by atoms with Crippen LogP contribution in [-0.4, -0.2) is 29.1 Å². The zero-order valence-corrected chi connectivity index (χ0v) is 15.4. The standard InChI is InChI=1S/C18H19ClN2O2S/c1-14-16(19)10-6-12-18(14)24(22,23)20-13-7-9-15-8-4-5-11-17(15)21(2)3/h4-6,8,10-12,20H,13H2,1-3H3. The summed E-state index contributed by atoms with van der Waals surface area (Å²) in [6, 6.07) is 12.5. The normalized spacial score (nSPS) is 10.8. The molecule has 0 saturated heterocycles. The van der Waals surface area contributed by atoms with Crippen LogP contribution >= 0.6 is 11.6 Å². The number of benzene rings is 2. The lowest BCUT2D eigenvalue weighted by molar-refractivity contribution is 0.585. The molecular formula is C18H19ClN2O2S. The first-order chi connectivity index (χ1) is 11.3. The van der Waals surface area contributed by atoms with Crippen LogP contribution in [0.1, 0.15) is 11.1 Å². The zero-order chi connectivity index (χ0) is 17.7. The topological polar surface area (TPSA) is 49.4 Å². The summed E-state index contributed by atoms with van der Waals surface area (Å²) in [6.45, 7) is 1.70. The Morgan fingerprint density at radius 2 is 1.83 bits per heavy atom. The molecule has 6 heteroatoms. The van der Waals surface area contributed by atoms with Crippen LogP contribution < -0.4 is 9.62 Å². The second-order valence-electron chi connectivity index (χ2n) is 5.40. The maximum absolute atomic E-state index is 12.3. The van der Waals surface area contributed by atoms with Crippen molar-refractivity contribution < 1.29 is 8.42 Å². The molecule has 0 aliphatic carbocycles. The molecule has 0 atom stereocenters. The van der Waals surface area contributed by atoms with E-state index in [0.29, 0.717) is 10.6 Å². The van der Waals surface area contributed by atoms with E-state index in [1.807, 2.05) is 43.3 Å². The number of para-hydroxylation sites is 1. The molecule has 0 fully saturated rings. The van der Waals surface area contributed by atoms with Gasteiger partial charge in [0.2, 0.25) is 10.0 Å². The summed E-state index contributed by atoms with van der Waals surface area (Å²) >= 11 is 5.98. The van der Waals surface area contributed by atoms with Gasteiger partial charge in [-0.3, -0.25) is 0 Å².